The molecule has 92 valence electrons. The van der Waals surface area contributed by atoms with Gasteiger partial charge in [0.25, 0.3) is 0 Å². The number of ketones is 1. The first kappa shape index (κ1) is 16.8. The fourth-order valence-corrected chi connectivity index (χ4v) is 1.55. The molecule has 2 N–H and O–H groups in total. The molecular formula is C6H7O9PZn. The Hall–Kier alpha value is -0.207. The predicted octanol–water partition coefficient (Wildman–Crippen LogP) is -3.95. The van der Waals surface area contributed by atoms with E-state index in [2.05, 4.69) is 9.26 Å². The third kappa shape index (κ3) is 4.19. The summed E-state index contributed by atoms with van der Waals surface area (Å²) in [4.78, 5) is 42.6. The number of hydrogen-bond donors (Lipinski definition) is 2. The molecule has 1 aliphatic rings. The number of rotatable bonds is 4. The summed E-state index contributed by atoms with van der Waals surface area (Å²) in [6.07, 6.45) is -5.62. The summed E-state index contributed by atoms with van der Waals surface area (Å²) in [5, 5.41) is 17.5. The molecule has 0 aliphatic carbocycles. The molecule has 3 atom stereocenters. The second-order valence-electron chi connectivity index (χ2n) is 2.94. The van der Waals surface area contributed by atoms with Crippen LogP contribution in [0.5, 0.6) is 0 Å². The number of aliphatic hydroxyl groups excluding tert-OH is 2. The van der Waals surface area contributed by atoms with Gasteiger partial charge in [0, 0.05) is 0 Å². The smallest absolute Gasteiger partial charge is 0.790 e. The molecule has 0 amide bonds. The normalized spacial score (nSPS) is 26.4. The van der Waals surface area contributed by atoms with E-state index >= 15 is 0 Å². The van der Waals surface area contributed by atoms with Crippen LogP contribution in [0, 0.1) is 0 Å². The average Bonchev–Trinajstić information content (AvgIpc) is 2.42. The molecule has 1 rings (SSSR count). The molecule has 0 radical (unpaired) electrons. The van der Waals surface area contributed by atoms with Crippen molar-refractivity contribution in [3.05, 3.63) is 0 Å². The molecule has 0 bridgehead atoms. The zero-order chi connectivity index (χ0) is 12.5. The van der Waals surface area contributed by atoms with Crippen molar-refractivity contribution in [2.24, 2.45) is 0 Å². The van der Waals surface area contributed by atoms with Gasteiger partial charge in [0.1, 0.15) is 6.10 Å². The Balaban J connectivity index is 0.00000256. The van der Waals surface area contributed by atoms with Crippen molar-refractivity contribution < 1.29 is 62.9 Å². The van der Waals surface area contributed by atoms with Crippen molar-refractivity contribution in [1.29, 1.82) is 0 Å². The van der Waals surface area contributed by atoms with Crippen molar-refractivity contribution in [3.63, 3.8) is 0 Å². The molecule has 1 saturated heterocycles. The molecule has 1 unspecified atom stereocenters. The number of esters is 1. The van der Waals surface area contributed by atoms with Crippen molar-refractivity contribution in [2.45, 2.75) is 18.3 Å². The number of cyclic esters (lactones) is 1. The zero-order valence-corrected chi connectivity index (χ0v) is 12.2. The van der Waals surface area contributed by atoms with Gasteiger partial charge in [0.15, 0.2) is 6.10 Å². The molecule has 0 aromatic rings. The minimum absolute atomic E-state index is 0. The van der Waals surface area contributed by atoms with Crippen LogP contribution in [-0.4, -0.2) is 46.9 Å². The fraction of sp³-hybridized carbons (Fsp3) is 0.667. The van der Waals surface area contributed by atoms with Crippen molar-refractivity contribution in [2.75, 3.05) is 6.61 Å². The van der Waals surface area contributed by atoms with Crippen molar-refractivity contribution in [1.82, 2.24) is 0 Å². The van der Waals surface area contributed by atoms with Gasteiger partial charge < -0.3 is 33.8 Å². The fourth-order valence-electron chi connectivity index (χ4n) is 1.10. The number of hydrogen-bond acceptors (Lipinski definition) is 9. The van der Waals surface area contributed by atoms with Crippen LogP contribution in [0.1, 0.15) is 0 Å². The van der Waals surface area contributed by atoms with Gasteiger partial charge in [-0.3, -0.25) is 4.79 Å². The van der Waals surface area contributed by atoms with E-state index in [1.54, 1.807) is 0 Å². The van der Waals surface area contributed by atoms with Gasteiger partial charge >= 0.3 is 25.4 Å². The van der Waals surface area contributed by atoms with Crippen LogP contribution in [0.4, 0.5) is 0 Å². The SMILES string of the molecule is O=C1O[C@H]([C@H](O)CO)C(=O)C1OP(=O)([O-])[O-].[Zn+2]. The van der Waals surface area contributed by atoms with Gasteiger partial charge in [-0.1, -0.05) is 0 Å². The van der Waals surface area contributed by atoms with E-state index in [9.17, 15) is 23.9 Å². The maximum atomic E-state index is 11.3. The summed E-state index contributed by atoms with van der Waals surface area (Å²) in [7, 11) is -5.52. The van der Waals surface area contributed by atoms with Crippen LogP contribution in [0.25, 0.3) is 0 Å². The molecule has 11 heteroatoms. The first-order valence-electron chi connectivity index (χ1n) is 4.00. The van der Waals surface area contributed by atoms with E-state index in [1.807, 2.05) is 0 Å². The molecule has 17 heavy (non-hydrogen) atoms. The average molecular weight is 319 g/mol. The predicted molar refractivity (Wildman–Crippen MR) is 40.5 cm³/mol. The van der Waals surface area contributed by atoms with Crippen LogP contribution in [0.15, 0.2) is 0 Å². The minimum Gasteiger partial charge on any atom is -0.790 e. The molecule has 0 aromatic carbocycles. The van der Waals surface area contributed by atoms with Gasteiger partial charge in [-0.15, -0.1) is 0 Å². The largest absolute Gasteiger partial charge is 2.00 e. The van der Waals surface area contributed by atoms with Gasteiger partial charge in [0.05, 0.1) is 14.4 Å². The summed E-state index contributed by atoms with van der Waals surface area (Å²) < 4.78 is 18.1. The summed E-state index contributed by atoms with van der Waals surface area (Å²) in [5.74, 6) is -2.62. The molecule has 0 aromatic heterocycles. The third-order valence-corrected chi connectivity index (χ3v) is 2.24. The van der Waals surface area contributed by atoms with Gasteiger partial charge in [-0.25, -0.2) is 4.79 Å². The number of aliphatic hydroxyl groups is 2. The van der Waals surface area contributed by atoms with E-state index in [0.29, 0.717) is 0 Å². The summed E-state index contributed by atoms with van der Waals surface area (Å²) in [5.41, 5.74) is 0. The van der Waals surface area contributed by atoms with Crippen LogP contribution in [0.3, 0.4) is 0 Å². The van der Waals surface area contributed by atoms with E-state index in [4.69, 9.17) is 10.2 Å². The number of phosphoric acid groups is 1. The molecule has 9 nitrogen and oxygen atoms in total. The van der Waals surface area contributed by atoms with Crippen LogP contribution in [-0.2, 0) is 42.9 Å². The molecule has 0 spiro atoms. The Bertz CT molecular complexity index is 351. The van der Waals surface area contributed by atoms with E-state index in [-0.39, 0.29) is 19.5 Å². The number of carbonyl (C=O) groups is 2. The quantitative estimate of drug-likeness (QED) is 0.228. The zero-order valence-electron chi connectivity index (χ0n) is 8.35. The summed E-state index contributed by atoms with van der Waals surface area (Å²) >= 11 is 0. The number of Topliss-reactive ketones (excluding diaryl/α,β-unsaturated/α-hetero) is 1. The molecule has 1 fully saturated rings. The van der Waals surface area contributed by atoms with Crippen molar-refractivity contribution in [3.8, 4) is 0 Å². The second kappa shape index (κ2) is 6.11. The summed E-state index contributed by atoms with van der Waals surface area (Å²) in [6.45, 7) is -0.872. The van der Waals surface area contributed by atoms with Crippen LogP contribution in [0.2, 0.25) is 0 Å². The number of carbonyl (C=O) groups excluding carboxylic acids is 2. The molecule has 1 heterocycles. The van der Waals surface area contributed by atoms with Crippen LogP contribution < -0.4 is 9.79 Å². The Morgan fingerprint density at radius 3 is 2.41 bits per heavy atom. The third-order valence-electron chi connectivity index (χ3n) is 1.77. The topological polar surface area (TPSA) is 156 Å². The second-order valence-corrected chi connectivity index (χ2v) is 4.05. The summed E-state index contributed by atoms with van der Waals surface area (Å²) in [6, 6.07) is 0. The van der Waals surface area contributed by atoms with E-state index in [1.165, 1.54) is 0 Å². The Morgan fingerprint density at radius 1 is 1.47 bits per heavy atom. The molecule has 1 aliphatic heterocycles. The first-order chi connectivity index (χ1) is 7.26. The monoisotopic (exact) mass is 318 g/mol. The molecular weight excluding hydrogens is 312 g/mol. The maximum absolute atomic E-state index is 11.3. The van der Waals surface area contributed by atoms with Gasteiger partial charge in [-0.2, -0.15) is 0 Å². The maximum Gasteiger partial charge on any atom is 2.00 e. The Kier molecular flexibility index (Phi) is 6.03. The van der Waals surface area contributed by atoms with Crippen LogP contribution >= 0.6 is 7.82 Å². The first-order valence-corrected chi connectivity index (χ1v) is 5.46. The van der Waals surface area contributed by atoms with Gasteiger partial charge in [-0.05, 0) is 0 Å². The van der Waals surface area contributed by atoms with Crippen molar-refractivity contribution >= 4 is 19.6 Å². The van der Waals surface area contributed by atoms with Gasteiger partial charge in [0.2, 0.25) is 11.9 Å². The van der Waals surface area contributed by atoms with E-state index in [0.717, 1.165) is 0 Å². The Labute approximate surface area is 108 Å². The Morgan fingerprint density at radius 2 is 2.00 bits per heavy atom. The molecule has 0 saturated carbocycles. The van der Waals surface area contributed by atoms with E-state index < -0.39 is 44.5 Å². The number of ether oxygens (including phenoxy) is 1. The standard InChI is InChI=1S/C6H9O9P.Zn/c7-1-2(8)4-3(9)5(6(10)14-4)15-16(11,12)13;/h2,4-5,7-8H,1H2,(H2,11,12,13);/q;+2/p-2/t2-,4-,5?;/m1./s1. The minimum atomic E-state index is -5.52. The number of phosphoric ester groups is 1.